The predicted octanol–water partition coefficient (Wildman–Crippen LogP) is 5.38. The Labute approximate surface area is 167 Å². The SMILES string of the molecule is CCCCC(=O)c1ccc(C#CP(=O)(c2ccccc2)c2ccccc2)cc1. The minimum absolute atomic E-state index is 0.153. The maximum Gasteiger partial charge on any atom is 0.211 e. The van der Waals surface area contributed by atoms with Crippen LogP contribution < -0.4 is 10.6 Å². The molecule has 0 aliphatic rings. The van der Waals surface area contributed by atoms with Gasteiger partial charge in [0.25, 0.3) is 0 Å². The van der Waals surface area contributed by atoms with Gasteiger partial charge in [0.05, 0.1) is 0 Å². The van der Waals surface area contributed by atoms with E-state index in [1.165, 1.54) is 0 Å². The largest absolute Gasteiger partial charge is 0.300 e. The highest BCUT2D eigenvalue weighted by Gasteiger charge is 2.24. The van der Waals surface area contributed by atoms with Gasteiger partial charge in [0.1, 0.15) is 0 Å². The average Bonchev–Trinajstić information content (AvgIpc) is 2.77. The third-order valence-corrected chi connectivity index (χ3v) is 7.04. The lowest BCUT2D eigenvalue weighted by Gasteiger charge is -2.12. The van der Waals surface area contributed by atoms with Crippen LogP contribution in [0.5, 0.6) is 0 Å². The average molecular weight is 386 g/mol. The van der Waals surface area contributed by atoms with Crippen molar-refractivity contribution in [3.63, 3.8) is 0 Å². The van der Waals surface area contributed by atoms with Gasteiger partial charge in [0, 0.05) is 28.2 Å². The van der Waals surface area contributed by atoms with E-state index in [9.17, 15) is 9.36 Å². The predicted molar refractivity (Wildman–Crippen MR) is 117 cm³/mol. The van der Waals surface area contributed by atoms with Crippen molar-refractivity contribution in [2.24, 2.45) is 0 Å². The summed E-state index contributed by atoms with van der Waals surface area (Å²) in [6, 6.07) is 26.0. The zero-order chi connectivity index (χ0) is 19.8. The summed E-state index contributed by atoms with van der Waals surface area (Å²) < 4.78 is 13.9. The topological polar surface area (TPSA) is 34.1 Å². The molecule has 0 spiro atoms. The molecule has 0 fully saturated rings. The van der Waals surface area contributed by atoms with Gasteiger partial charge in [-0.2, -0.15) is 0 Å². The zero-order valence-corrected chi connectivity index (χ0v) is 16.9. The van der Waals surface area contributed by atoms with Crippen LogP contribution in [0.15, 0.2) is 84.9 Å². The first kappa shape index (κ1) is 19.9. The normalized spacial score (nSPS) is 10.8. The number of carbonyl (C=O) groups is 1. The van der Waals surface area contributed by atoms with Gasteiger partial charge in [0.2, 0.25) is 7.14 Å². The molecule has 0 amide bonds. The molecule has 0 atom stereocenters. The van der Waals surface area contributed by atoms with Crippen molar-refractivity contribution < 1.29 is 9.36 Å². The van der Waals surface area contributed by atoms with E-state index in [2.05, 4.69) is 18.5 Å². The molecule has 2 nitrogen and oxygen atoms in total. The molecule has 0 unspecified atom stereocenters. The first-order valence-corrected chi connectivity index (χ1v) is 11.2. The molecule has 3 aromatic carbocycles. The number of hydrogen-bond donors (Lipinski definition) is 0. The molecule has 0 saturated heterocycles. The number of hydrogen-bond acceptors (Lipinski definition) is 2. The molecule has 28 heavy (non-hydrogen) atoms. The molecule has 3 aromatic rings. The molecule has 0 radical (unpaired) electrons. The highest BCUT2D eigenvalue weighted by atomic mass is 31.2. The van der Waals surface area contributed by atoms with Crippen LogP contribution in [0.25, 0.3) is 0 Å². The Bertz CT molecular complexity index is 983. The molecule has 0 heterocycles. The maximum atomic E-state index is 13.9. The van der Waals surface area contributed by atoms with Crippen molar-refractivity contribution in [3.05, 3.63) is 96.1 Å². The van der Waals surface area contributed by atoms with Gasteiger partial charge in [-0.15, -0.1) is 0 Å². The van der Waals surface area contributed by atoms with Gasteiger partial charge < -0.3 is 0 Å². The van der Waals surface area contributed by atoms with E-state index < -0.39 is 7.14 Å². The fraction of sp³-hybridized carbons (Fsp3) is 0.160. The molecule has 0 N–H and O–H groups in total. The summed E-state index contributed by atoms with van der Waals surface area (Å²) >= 11 is 0. The third-order valence-electron chi connectivity index (χ3n) is 4.56. The summed E-state index contributed by atoms with van der Waals surface area (Å²) in [7, 11) is -3.06. The Hall–Kier alpha value is -2.88. The van der Waals surface area contributed by atoms with Gasteiger partial charge in [-0.1, -0.05) is 92.1 Å². The van der Waals surface area contributed by atoms with Crippen LogP contribution in [0, 0.1) is 11.6 Å². The molecule has 140 valence electrons. The van der Waals surface area contributed by atoms with Crippen molar-refractivity contribution in [2.75, 3.05) is 0 Å². The van der Waals surface area contributed by atoms with E-state index in [0.29, 0.717) is 12.0 Å². The van der Waals surface area contributed by atoms with E-state index in [-0.39, 0.29) is 5.78 Å². The molecular formula is C25H23O2P. The number of carbonyl (C=O) groups excluding carboxylic acids is 1. The van der Waals surface area contributed by atoms with Crippen molar-refractivity contribution in [1.82, 2.24) is 0 Å². The Balaban J connectivity index is 1.92. The molecule has 3 rings (SSSR count). The number of rotatable bonds is 6. The van der Waals surface area contributed by atoms with Gasteiger partial charge >= 0.3 is 0 Å². The van der Waals surface area contributed by atoms with Crippen LogP contribution in [0.4, 0.5) is 0 Å². The molecule has 0 bridgehead atoms. The number of ketones is 1. The number of unbranched alkanes of at least 4 members (excludes halogenated alkanes) is 1. The minimum atomic E-state index is -3.06. The quantitative estimate of drug-likeness (QED) is 0.324. The van der Waals surface area contributed by atoms with Gasteiger partial charge in [-0.3, -0.25) is 9.36 Å². The lowest BCUT2D eigenvalue weighted by atomic mass is 10.0. The highest BCUT2D eigenvalue weighted by Crippen LogP contribution is 2.41. The van der Waals surface area contributed by atoms with Gasteiger partial charge in [-0.25, -0.2) is 0 Å². The molecule has 0 aliphatic heterocycles. The zero-order valence-electron chi connectivity index (χ0n) is 16.0. The third kappa shape index (κ3) is 4.69. The Morgan fingerprint density at radius 3 is 1.86 bits per heavy atom. The van der Waals surface area contributed by atoms with Gasteiger partial charge in [-0.05, 0) is 24.2 Å². The van der Waals surface area contributed by atoms with Crippen LogP contribution in [-0.2, 0) is 4.57 Å². The fourth-order valence-electron chi connectivity index (χ4n) is 2.92. The second-order valence-electron chi connectivity index (χ2n) is 6.62. The summed E-state index contributed by atoms with van der Waals surface area (Å²) in [6.07, 6.45) is 2.47. The second-order valence-corrected chi connectivity index (χ2v) is 9.10. The van der Waals surface area contributed by atoms with Gasteiger partial charge in [0.15, 0.2) is 5.78 Å². The molecule has 3 heteroatoms. The van der Waals surface area contributed by atoms with Crippen LogP contribution in [0.1, 0.15) is 42.1 Å². The Morgan fingerprint density at radius 1 is 0.821 bits per heavy atom. The smallest absolute Gasteiger partial charge is 0.211 e. The molecular weight excluding hydrogens is 363 g/mol. The van der Waals surface area contributed by atoms with Crippen LogP contribution in [0.3, 0.4) is 0 Å². The molecule has 0 saturated carbocycles. The summed E-state index contributed by atoms with van der Waals surface area (Å²) in [5.41, 5.74) is 4.50. The van der Waals surface area contributed by atoms with Crippen molar-refractivity contribution in [1.29, 1.82) is 0 Å². The molecule has 0 aliphatic carbocycles. The van der Waals surface area contributed by atoms with Crippen LogP contribution >= 0.6 is 7.14 Å². The maximum absolute atomic E-state index is 13.9. The van der Waals surface area contributed by atoms with E-state index >= 15 is 0 Å². The lowest BCUT2D eigenvalue weighted by molar-refractivity contribution is 0.0980. The van der Waals surface area contributed by atoms with Crippen molar-refractivity contribution in [3.8, 4) is 11.6 Å². The Kier molecular flexibility index (Phi) is 6.64. The van der Waals surface area contributed by atoms with Crippen molar-refractivity contribution >= 4 is 23.5 Å². The Morgan fingerprint density at radius 2 is 1.36 bits per heavy atom. The first-order chi connectivity index (χ1) is 13.6. The highest BCUT2D eigenvalue weighted by molar-refractivity contribution is 7.83. The standard InChI is InChI=1S/C25H23O2P/c1-2-3-14-25(26)22-17-15-21(16-18-22)19-20-28(27,23-10-6-4-7-11-23)24-12-8-5-9-13-24/h4-13,15-18H,2-3,14H2,1H3. The monoisotopic (exact) mass is 386 g/mol. The van der Waals surface area contributed by atoms with E-state index in [1.807, 2.05) is 72.8 Å². The van der Waals surface area contributed by atoms with E-state index in [1.54, 1.807) is 12.1 Å². The lowest BCUT2D eigenvalue weighted by Crippen LogP contribution is -2.14. The summed E-state index contributed by atoms with van der Waals surface area (Å²) in [5.74, 6) is 3.22. The summed E-state index contributed by atoms with van der Waals surface area (Å²) in [6.45, 7) is 2.07. The van der Waals surface area contributed by atoms with E-state index in [4.69, 9.17) is 0 Å². The second kappa shape index (κ2) is 9.36. The summed E-state index contributed by atoms with van der Waals surface area (Å²) in [5, 5.41) is 1.44. The minimum Gasteiger partial charge on any atom is -0.300 e. The number of Topliss-reactive ketones (excluding diaryl/α,β-unsaturated/α-hetero) is 1. The van der Waals surface area contributed by atoms with Crippen LogP contribution in [0.2, 0.25) is 0 Å². The summed E-state index contributed by atoms with van der Waals surface area (Å²) in [4.78, 5) is 12.1. The number of benzene rings is 3. The first-order valence-electron chi connectivity index (χ1n) is 9.51. The van der Waals surface area contributed by atoms with Crippen LogP contribution in [-0.4, -0.2) is 5.78 Å². The van der Waals surface area contributed by atoms with Crippen molar-refractivity contribution in [2.45, 2.75) is 26.2 Å². The fourth-order valence-corrected chi connectivity index (χ4v) is 4.95. The van der Waals surface area contributed by atoms with E-state index in [0.717, 1.165) is 29.0 Å². The molecule has 0 aromatic heterocycles.